The topological polar surface area (TPSA) is 62.3 Å². The number of carbonyl (C=O) groups is 2. The number of ketones is 1. The van der Waals surface area contributed by atoms with Gasteiger partial charge in [-0.05, 0) is 42.2 Å². The van der Waals surface area contributed by atoms with Gasteiger partial charge >= 0.3 is 0 Å². The van der Waals surface area contributed by atoms with Crippen LogP contribution in [0.4, 0.5) is 11.4 Å². The standard InChI is InChI=1S/C22H21N3O2S/c26-20(22-23-11-13-28-22)14-16-7-9-18(10-8-16)24-21(27)15-25-12-3-5-17-4-1-2-6-19(17)25/h1-2,4,6-11,13H,3,5,12,14-15H2,(H,24,27). The predicted molar refractivity (Wildman–Crippen MR) is 112 cm³/mol. The van der Waals surface area contributed by atoms with E-state index in [2.05, 4.69) is 27.3 Å². The Hall–Kier alpha value is -2.99. The summed E-state index contributed by atoms with van der Waals surface area (Å²) in [5, 5.41) is 5.28. The molecule has 0 unspecified atom stereocenters. The first kappa shape index (κ1) is 18.4. The summed E-state index contributed by atoms with van der Waals surface area (Å²) in [4.78, 5) is 30.8. The summed E-state index contributed by atoms with van der Waals surface area (Å²) < 4.78 is 0. The average molecular weight is 391 g/mol. The van der Waals surface area contributed by atoms with Gasteiger partial charge in [0.25, 0.3) is 0 Å². The molecule has 1 aliphatic rings. The van der Waals surface area contributed by atoms with Crippen molar-refractivity contribution in [2.24, 2.45) is 0 Å². The van der Waals surface area contributed by atoms with Crippen molar-refractivity contribution in [3.63, 3.8) is 0 Å². The molecule has 28 heavy (non-hydrogen) atoms. The van der Waals surface area contributed by atoms with Gasteiger partial charge in [0.15, 0.2) is 10.8 Å². The molecular formula is C22H21N3O2S. The third-order valence-corrected chi connectivity index (χ3v) is 5.63. The van der Waals surface area contributed by atoms with Crippen molar-refractivity contribution >= 4 is 34.4 Å². The maximum atomic E-state index is 12.5. The molecule has 0 saturated heterocycles. The number of nitrogens with zero attached hydrogens (tertiary/aromatic N) is 2. The maximum absolute atomic E-state index is 12.5. The first-order valence-corrected chi connectivity index (χ1v) is 10.2. The molecule has 1 amide bonds. The molecule has 0 atom stereocenters. The molecular weight excluding hydrogens is 370 g/mol. The van der Waals surface area contributed by atoms with Crippen molar-refractivity contribution in [2.75, 3.05) is 23.3 Å². The number of carbonyl (C=O) groups excluding carboxylic acids is 2. The molecule has 3 aromatic rings. The van der Waals surface area contributed by atoms with Crippen LogP contribution < -0.4 is 10.2 Å². The summed E-state index contributed by atoms with van der Waals surface area (Å²) >= 11 is 1.35. The number of amides is 1. The van der Waals surface area contributed by atoms with E-state index in [0.29, 0.717) is 18.0 Å². The quantitative estimate of drug-likeness (QED) is 0.646. The lowest BCUT2D eigenvalue weighted by molar-refractivity contribution is -0.115. The number of Topliss-reactive ketones (excluding diaryl/α,β-unsaturated/α-hetero) is 1. The Morgan fingerprint density at radius 1 is 1.11 bits per heavy atom. The Kier molecular flexibility index (Phi) is 5.48. The molecule has 0 aliphatic carbocycles. The molecule has 4 rings (SSSR count). The molecule has 5 nitrogen and oxygen atoms in total. The fourth-order valence-corrected chi connectivity index (χ4v) is 4.05. The monoisotopic (exact) mass is 391 g/mol. The van der Waals surface area contributed by atoms with E-state index in [0.717, 1.165) is 36.3 Å². The van der Waals surface area contributed by atoms with Crippen LogP contribution in [0, 0.1) is 0 Å². The number of hydrogen-bond acceptors (Lipinski definition) is 5. The number of para-hydroxylation sites is 1. The number of fused-ring (bicyclic) bond motifs is 1. The molecule has 2 aromatic carbocycles. The molecule has 142 valence electrons. The second-order valence-electron chi connectivity index (χ2n) is 6.84. The minimum atomic E-state index is -0.0386. The van der Waals surface area contributed by atoms with Crippen LogP contribution in [0.15, 0.2) is 60.1 Å². The molecule has 0 fully saturated rings. The van der Waals surface area contributed by atoms with Gasteiger partial charge in [0.1, 0.15) is 0 Å². The van der Waals surface area contributed by atoms with Gasteiger partial charge in [0.05, 0.1) is 6.54 Å². The van der Waals surface area contributed by atoms with Crippen LogP contribution in [0.2, 0.25) is 0 Å². The average Bonchev–Trinajstić information content (AvgIpc) is 3.25. The number of thiazole rings is 1. The van der Waals surface area contributed by atoms with Crippen LogP contribution in [-0.4, -0.2) is 29.8 Å². The van der Waals surface area contributed by atoms with E-state index in [4.69, 9.17) is 0 Å². The van der Waals surface area contributed by atoms with Crippen LogP contribution >= 0.6 is 11.3 Å². The minimum absolute atomic E-state index is 0.00977. The molecule has 0 bridgehead atoms. The first-order chi connectivity index (χ1) is 13.7. The zero-order chi connectivity index (χ0) is 19.3. The van der Waals surface area contributed by atoms with Gasteiger partial charge in [-0.3, -0.25) is 9.59 Å². The molecule has 1 aliphatic heterocycles. The van der Waals surface area contributed by atoms with Crippen molar-refractivity contribution in [1.82, 2.24) is 4.98 Å². The smallest absolute Gasteiger partial charge is 0.243 e. The second kappa shape index (κ2) is 8.35. The van der Waals surface area contributed by atoms with Crippen molar-refractivity contribution in [3.8, 4) is 0 Å². The molecule has 1 aromatic heterocycles. The fraction of sp³-hybridized carbons (Fsp3) is 0.227. The van der Waals surface area contributed by atoms with Crippen molar-refractivity contribution in [1.29, 1.82) is 0 Å². The first-order valence-electron chi connectivity index (χ1n) is 9.33. The highest BCUT2D eigenvalue weighted by atomic mass is 32.1. The zero-order valence-corrected chi connectivity index (χ0v) is 16.2. The number of rotatable bonds is 6. The van der Waals surface area contributed by atoms with Crippen LogP contribution in [0.3, 0.4) is 0 Å². The Morgan fingerprint density at radius 2 is 1.93 bits per heavy atom. The molecule has 2 heterocycles. The number of hydrogen-bond donors (Lipinski definition) is 1. The maximum Gasteiger partial charge on any atom is 0.243 e. The van der Waals surface area contributed by atoms with E-state index in [1.54, 1.807) is 11.6 Å². The lowest BCUT2D eigenvalue weighted by Gasteiger charge is -2.30. The zero-order valence-electron chi connectivity index (χ0n) is 15.4. The second-order valence-corrected chi connectivity index (χ2v) is 7.73. The van der Waals surface area contributed by atoms with Crippen LogP contribution in [0.25, 0.3) is 0 Å². The van der Waals surface area contributed by atoms with Gasteiger partial charge in [0.2, 0.25) is 5.91 Å². The van der Waals surface area contributed by atoms with Crippen molar-refractivity contribution < 1.29 is 9.59 Å². The number of nitrogens with one attached hydrogen (secondary N) is 1. The Labute approximate surface area is 168 Å². The highest BCUT2D eigenvalue weighted by Gasteiger charge is 2.18. The molecule has 1 N–H and O–H groups in total. The van der Waals surface area contributed by atoms with E-state index < -0.39 is 0 Å². The SMILES string of the molecule is O=C(CN1CCCc2ccccc21)Nc1ccc(CC(=O)c2nccs2)cc1. The van der Waals surface area contributed by atoms with Gasteiger partial charge in [-0.1, -0.05) is 30.3 Å². The van der Waals surface area contributed by atoms with Gasteiger partial charge in [0, 0.05) is 35.9 Å². The third kappa shape index (κ3) is 4.28. The van der Waals surface area contributed by atoms with Gasteiger partial charge in [-0.15, -0.1) is 11.3 Å². The summed E-state index contributed by atoms with van der Waals surface area (Å²) in [7, 11) is 0. The summed E-state index contributed by atoms with van der Waals surface area (Å²) in [5.41, 5.74) is 4.10. The molecule has 0 radical (unpaired) electrons. The van der Waals surface area contributed by atoms with E-state index in [1.165, 1.54) is 16.9 Å². The number of anilines is 2. The summed E-state index contributed by atoms with van der Waals surface area (Å²) in [6.45, 7) is 1.23. The van der Waals surface area contributed by atoms with Gasteiger partial charge in [-0.25, -0.2) is 4.98 Å². The Bertz CT molecular complexity index is 968. The normalized spacial score (nSPS) is 13.1. The summed E-state index contributed by atoms with van der Waals surface area (Å²) in [6, 6.07) is 15.7. The fourth-order valence-electron chi connectivity index (χ4n) is 3.48. The lowest BCUT2D eigenvalue weighted by Crippen LogP contribution is -2.36. The predicted octanol–water partition coefficient (Wildman–Crippen LogP) is 3.96. The molecule has 0 spiro atoms. The van der Waals surface area contributed by atoms with Crippen LogP contribution in [0.5, 0.6) is 0 Å². The van der Waals surface area contributed by atoms with Crippen LogP contribution in [-0.2, 0) is 17.6 Å². The number of aryl methyl sites for hydroxylation is 1. The lowest BCUT2D eigenvalue weighted by atomic mass is 10.0. The summed E-state index contributed by atoms with van der Waals surface area (Å²) in [6.07, 6.45) is 4.07. The Morgan fingerprint density at radius 3 is 2.71 bits per heavy atom. The van der Waals surface area contributed by atoms with Crippen LogP contribution in [0.1, 0.15) is 27.3 Å². The highest BCUT2D eigenvalue weighted by molar-refractivity contribution is 7.11. The van der Waals surface area contributed by atoms with E-state index in [1.807, 2.05) is 36.4 Å². The third-order valence-electron chi connectivity index (χ3n) is 4.81. The van der Waals surface area contributed by atoms with Crippen molar-refractivity contribution in [3.05, 3.63) is 76.2 Å². The largest absolute Gasteiger partial charge is 0.362 e. The molecule has 6 heteroatoms. The van der Waals surface area contributed by atoms with E-state index in [9.17, 15) is 9.59 Å². The highest BCUT2D eigenvalue weighted by Crippen LogP contribution is 2.26. The number of benzene rings is 2. The Balaban J connectivity index is 1.34. The minimum Gasteiger partial charge on any atom is -0.362 e. The summed E-state index contributed by atoms with van der Waals surface area (Å²) in [5.74, 6) is -0.0288. The number of aromatic nitrogens is 1. The van der Waals surface area contributed by atoms with E-state index in [-0.39, 0.29) is 11.7 Å². The molecule has 0 saturated carbocycles. The van der Waals surface area contributed by atoms with Gasteiger partial charge in [-0.2, -0.15) is 0 Å². The van der Waals surface area contributed by atoms with Crippen molar-refractivity contribution in [2.45, 2.75) is 19.3 Å². The van der Waals surface area contributed by atoms with E-state index >= 15 is 0 Å². The van der Waals surface area contributed by atoms with Gasteiger partial charge < -0.3 is 10.2 Å².